The van der Waals surface area contributed by atoms with Crippen molar-refractivity contribution >= 4 is 29.1 Å². The van der Waals surface area contributed by atoms with Gasteiger partial charge in [-0.3, -0.25) is 4.98 Å². The Kier molecular flexibility index (Phi) is 2.87. The molecule has 0 radical (unpaired) electrons. The second kappa shape index (κ2) is 4.31. The first-order valence-electron chi connectivity index (χ1n) is 3.61. The number of nitrogens with two attached hydrogens (primary N) is 1. The molecule has 0 spiro atoms. The third kappa shape index (κ3) is 2.16. The highest BCUT2D eigenvalue weighted by Crippen LogP contribution is 2.26. The first-order valence-corrected chi connectivity index (χ1v) is 5.20. The molecule has 0 aliphatic rings. The van der Waals surface area contributed by atoms with E-state index in [9.17, 15) is 0 Å². The topological polar surface area (TPSA) is 89.6 Å². The van der Waals surface area contributed by atoms with Crippen molar-refractivity contribution < 1.29 is 0 Å². The smallest absolute Gasteiger partial charge is 0.176 e. The summed E-state index contributed by atoms with van der Waals surface area (Å²) in [7, 11) is 0. The van der Waals surface area contributed by atoms with Gasteiger partial charge in [0, 0.05) is 0 Å². The maximum Gasteiger partial charge on any atom is 0.176 e. The normalized spacial score (nSPS) is 10.1. The van der Waals surface area contributed by atoms with Gasteiger partial charge in [0.05, 0.1) is 12.4 Å². The first-order chi connectivity index (χ1) is 6.88. The van der Waals surface area contributed by atoms with Gasteiger partial charge in [-0.05, 0) is 23.3 Å². The van der Waals surface area contributed by atoms with E-state index in [1.54, 1.807) is 12.4 Å². The van der Waals surface area contributed by atoms with E-state index in [2.05, 4.69) is 24.8 Å². The van der Waals surface area contributed by atoms with Gasteiger partial charge in [0.15, 0.2) is 10.2 Å². The highest BCUT2D eigenvalue weighted by atomic mass is 32.2. The highest BCUT2D eigenvalue weighted by Gasteiger charge is 2.02. The predicted octanol–water partition coefficient (Wildman–Crippen LogP) is 0.765. The van der Waals surface area contributed by atoms with Gasteiger partial charge in [0.2, 0.25) is 0 Å². The summed E-state index contributed by atoms with van der Waals surface area (Å²) in [6.07, 6.45) is 4.70. The van der Waals surface area contributed by atoms with E-state index < -0.39 is 0 Å². The number of rotatable bonds is 3. The van der Waals surface area contributed by atoms with E-state index in [0.29, 0.717) is 5.82 Å². The molecule has 0 amide bonds. The Balaban J connectivity index is 2.17. The van der Waals surface area contributed by atoms with Gasteiger partial charge in [-0.2, -0.15) is 4.37 Å². The van der Waals surface area contributed by atoms with Gasteiger partial charge in [-0.1, -0.05) is 0 Å². The zero-order chi connectivity index (χ0) is 9.80. The van der Waals surface area contributed by atoms with Crippen molar-refractivity contribution in [1.29, 1.82) is 0 Å². The fraction of sp³-hybridized carbons (Fsp3) is 0. The van der Waals surface area contributed by atoms with E-state index in [4.69, 9.17) is 5.84 Å². The number of hydrogen-bond acceptors (Lipinski definition) is 8. The number of nitrogens with zero attached hydrogens (tertiary/aromatic N) is 4. The molecule has 0 aliphatic carbocycles. The van der Waals surface area contributed by atoms with Crippen molar-refractivity contribution in [1.82, 2.24) is 19.3 Å². The van der Waals surface area contributed by atoms with Gasteiger partial charge >= 0.3 is 0 Å². The van der Waals surface area contributed by atoms with E-state index in [1.165, 1.54) is 29.6 Å². The van der Waals surface area contributed by atoms with Crippen LogP contribution in [0.25, 0.3) is 0 Å². The van der Waals surface area contributed by atoms with E-state index in [-0.39, 0.29) is 0 Å². The van der Waals surface area contributed by atoms with Gasteiger partial charge in [0.1, 0.15) is 11.4 Å². The lowest BCUT2D eigenvalue weighted by atomic mass is 10.7. The van der Waals surface area contributed by atoms with Crippen LogP contribution in [-0.4, -0.2) is 19.3 Å². The summed E-state index contributed by atoms with van der Waals surface area (Å²) in [5.41, 5.74) is 2.43. The largest absolute Gasteiger partial charge is 0.307 e. The fourth-order valence-corrected chi connectivity index (χ4v) is 2.11. The quantitative estimate of drug-likeness (QED) is 0.590. The zero-order valence-corrected chi connectivity index (χ0v) is 8.55. The van der Waals surface area contributed by atoms with E-state index >= 15 is 0 Å². The Morgan fingerprint density at radius 1 is 1.43 bits per heavy atom. The molecule has 72 valence electrons. The molecule has 0 aromatic carbocycles. The maximum atomic E-state index is 5.20. The summed E-state index contributed by atoms with van der Waals surface area (Å²) < 4.78 is 4.71. The van der Waals surface area contributed by atoms with Gasteiger partial charge in [-0.15, -0.1) is 0 Å². The third-order valence-corrected chi connectivity index (χ3v) is 2.91. The Morgan fingerprint density at radius 2 is 2.36 bits per heavy atom. The number of anilines is 1. The summed E-state index contributed by atoms with van der Waals surface area (Å²) in [4.78, 5) is 12.2. The molecule has 0 saturated heterocycles. The maximum absolute atomic E-state index is 5.20. The summed E-state index contributed by atoms with van der Waals surface area (Å²) >= 11 is 2.71. The standard InChI is InChI=1S/C6H6N6S2/c7-12-4-1-8-2-5(11-4)13-6-9-3-10-14-6/h1-3H,7H2,(H,11,12). The third-order valence-electron chi connectivity index (χ3n) is 1.29. The molecule has 2 heterocycles. The molecule has 3 N–H and O–H groups in total. The zero-order valence-electron chi connectivity index (χ0n) is 6.91. The molecule has 6 nitrogen and oxygen atoms in total. The van der Waals surface area contributed by atoms with Crippen molar-refractivity contribution in [2.75, 3.05) is 5.43 Å². The Bertz CT molecular complexity index is 402. The van der Waals surface area contributed by atoms with Gasteiger partial charge in [-0.25, -0.2) is 15.8 Å². The van der Waals surface area contributed by atoms with Gasteiger partial charge in [0.25, 0.3) is 0 Å². The Morgan fingerprint density at radius 3 is 3.07 bits per heavy atom. The average Bonchev–Trinajstić information content (AvgIpc) is 2.71. The van der Waals surface area contributed by atoms with Crippen LogP contribution >= 0.6 is 23.3 Å². The van der Waals surface area contributed by atoms with Crippen LogP contribution in [0, 0.1) is 0 Å². The number of hydrazine groups is 1. The van der Waals surface area contributed by atoms with Crippen LogP contribution in [-0.2, 0) is 0 Å². The Labute approximate surface area is 88.1 Å². The highest BCUT2D eigenvalue weighted by molar-refractivity contribution is 8.00. The van der Waals surface area contributed by atoms with Crippen LogP contribution < -0.4 is 11.3 Å². The molecule has 14 heavy (non-hydrogen) atoms. The Hall–Kier alpha value is -1.25. The second-order valence-corrected chi connectivity index (χ2v) is 4.24. The minimum Gasteiger partial charge on any atom is -0.307 e. The molecule has 8 heteroatoms. The molecule has 0 unspecified atom stereocenters. The molecular formula is C6H6N6S2. The predicted molar refractivity (Wildman–Crippen MR) is 53.9 cm³/mol. The van der Waals surface area contributed by atoms with Crippen LogP contribution in [0.3, 0.4) is 0 Å². The summed E-state index contributed by atoms with van der Waals surface area (Å²) in [6.45, 7) is 0. The molecule has 2 rings (SSSR count). The lowest BCUT2D eigenvalue weighted by Gasteiger charge is -1.99. The van der Waals surface area contributed by atoms with Crippen molar-refractivity contribution in [3.05, 3.63) is 18.7 Å². The molecule has 2 aromatic rings. The molecule has 0 saturated carbocycles. The van der Waals surface area contributed by atoms with Crippen molar-refractivity contribution in [3.63, 3.8) is 0 Å². The second-order valence-electron chi connectivity index (χ2n) is 2.20. The lowest BCUT2D eigenvalue weighted by molar-refractivity contribution is 1.04. The van der Waals surface area contributed by atoms with Crippen LogP contribution in [0.15, 0.2) is 28.1 Å². The number of hydrogen-bond donors (Lipinski definition) is 2. The molecule has 0 fully saturated rings. The van der Waals surface area contributed by atoms with Crippen LogP contribution in [0.5, 0.6) is 0 Å². The molecule has 0 atom stereocenters. The summed E-state index contributed by atoms with van der Waals surface area (Å²) in [5.74, 6) is 5.73. The van der Waals surface area contributed by atoms with E-state index in [1.807, 2.05) is 0 Å². The van der Waals surface area contributed by atoms with Crippen molar-refractivity contribution in [2.45, 2.75) is 9.37 Å². The van der Waals surface area contributed by atoms with Crippen LogP contribution in [0.2, 0.25) is 0 Å². The summed E-state index contributed by atoms with van der Waals surface area (Å²) in [5, 5.41) is 0.734. The van der Waals surface area contributed by atoms with Crippen molar-refractivity contribution in [2.24, 2.45) is 5.84 Å². The first kappa shape index (κ1) is 9.31. The summed E-state index contributed by atoms with van der Waals surface area (Å²) in [6, 6.07) is 0. The van der Waals surface area contributed by atoms with E-state index in [0.717, 1.165) is 9.37 Å². The monoisotopic (exact) mass is 226 g/mol. The van der Waals surface area contributed by atoms with Crippen LogP contribution in [0.1, 0.15) is 0 Å². The minimum absolute atomic E-state index is 0.527. The SMILES string of the molecule is NNc1cncc(Sc2ncns2)n1. The molecule has 2 aromatic heterocycles. The minimum atomic E-state index is 0.527. The molecule has 0 bridgehead atoms. The number of nitrogen functional groups attached to an aromatic ring is 1. The number of aromatic nitrogens is 4. The lowest BCUT2D eigenvalue weighted by Crippen LogP contribution is -2.08. The number of nitrogens with one attached hydrogen (secondary N) is 1. The van der Waals surface area contributed by atoms with Crippen molar-refractivity contribution in [3.8, 4) is 0 Å². The molecule has 0 aliphatic heterocycles. The van der Waals surface area contributed by atoms with Gasteiger partial charge < -0.3 is 5.43 Å². The average molecular weight is 226 g/mol. The fourth-order valence-electron chi connectivity index (χ4n) is 0.764. The molecular weight excluding hydrogens is 220 g/mol. The van der Waals surface area contributed by atoms with Crippen LogP contribution in [0.4, 0.5) is 5.82 Å².